The van der Waals surface area contributed by atoms with Crippen LogP contribution < -0.4 is 5.32 Å². The third-order valence-corrected chi connectivity index (χ3v) is 6.20. The number of nitrogens with zero attached hydrogens (tertiary/aromatic N) is 1. The van der Waals surface area contributed by atoms with Crippen molar-refractivity contribution in [3.63, 3.8) is 0 Å². The van der Waals surface area contributed by atoms with Crippen LogP contribution in [0.5, 0.6) is 0 Å². The summed E-state index contributed by atoms with van der Waals surface area (Å²) in [5.74, 6) is -0.826. The smallest absolute Gasteiger partial charge is 0.283 e. The van der Waals surface area contributed by atoms with Crippen molar-refractivity contribution in [1.82, 2.24) is 0 Å². The molecule has 0 bridgehead atoms. The second-order valence-electron chi connectivity index (χ2n) is 7.31. The van der Waals surface area contributed by atoms with Gasteiger partial charge in [0.1, 0.15) is 0 Å². The van der Waals surface area contributed by atoms with Crippen molar-refractivity contribution in [2.24, 2.45) is 0 Å². The first-order valence-electron chi connectivity index (χ1n) is 9.87. The summed E-state index contributed by atoms with van der Waals surface area (Å²) in [7, 11) is 0. The fraction of sp³-hybridized carbons (Fsp3) is 0.167. The van der Waals surface area contributed by atoms with Crippen LogP contribution in [0.15, 0.2) is 65.6 Å². The maximum atomic E-state index is 13.1. The molecule has 3 aromatic carbocycles. The molecule has 31 heavy (non-hydrogen) atoms. The van der Waals surface area contributed by atoms with E-state index >= 15 is 0 Å². The minimum absolute atomic E-state index is 0.126. The molecular weight excluding hydrogens is 412 g/mol. The minimum Gasteiger partial charge on any atom is -0.322 e. The van der Waals surface area contributed by atoms with E-state index in [0.29, 0.717) is 10.6 Å². The number of hydrogen-bond donors (Lipinski definition) is 1. The van der Waals surface area contributed by atoms with Crippen molar-refractivity contribution in [3.05, 3.63) is 98.6 Å². The highest BCUT2D eigenvalue weighted by molar-refractivity contribution is 7.98. The zero-order chi connectivity index (χ0) is 22.0. The summed E-state index contributed by atoms with van der Waals surface area (Å²) >= 11 is 1.24. The molecule has 0 radical (unpaired) electrons. The topological polar surface area (TPSA) is 89.3 Å². The molecule has 0 fully saturated rings. The molecular formula is C24H20N2O4S. The normalized spacial score (nSPS) is 12.3. The molecule has 0 saturated heterocycles. The summed E-state index contributed by atoms with van der Waals surface area (Å²) in [6.45, 7) is 0. The maximum Gasteiger partial charge on any atom is 0.283 e. The van der Waals surface area contributed by atoms with Gasteiger partial charge in [-0.2, -0.15) is 0 Å². The predicted molar refractivity (Wildman–Crippen MR) is 121 cm³/mol. The van der Waals surface area contributed by atoms with E-state index in [2.05, 4.69) is 5.32 Å². The third-order valence-electron chi connectivity index (χ3n) is 5.41. The molecule has 0 saturated carbocycles. The Hall–Kier alpha value is -3.45. The van der Waals surface area contributed by atoms with Crippen LogP contribution in [0.4, 0.5) is 11.4 Å². The van der Waals surface area contributed by atoms with Crippen LogP contribution >= 0.6 is 11.8 Å². The van der Waals surface area contributed by atoms with Gasteiger partial charge in [0.05, 0.1) is 15.4 Å². The van der Waals surface area contributed by atoms with E-state index in [-0.39, 0.29) is 22.4 Å². The van der Waals surface area contributed by atoms with Gasteiger partial charge in [-0.25, -0.2) is 0 Å². The zero-order valence-corrected chi connectivity index (χ0v) is 17.7. The molecule has 4 rings (SSSR count). The Morgan fingerprint density at radius 3 is 2.45 bits per heavy atom. The molecule has 7 heteroatoms. The van der Waals surface area contributed by atoms with Gasteiger partial charge in [0, 0.05) is 22.9 Å². The van der Waals surface area contributed by atoms with Crippen molar-refractivity contribution in [2.75, 3.05) is 11.6 Å². The molecule has 156 valence electrons. The zero-order valence-electron chi connectivity index (χ0n) is 16.9. The Labute approximate surface area is 183 Å². The Morgan fingerprint density at radius 1 is 0.968 bits per heavy atom. The van der Waals surface area contributed by atoms with Gasteiger partial charge < -0.3 is 5.32 Å². The lowest BCUT2D eigenvalue weighted by molar-refractivity contribution is -0.387. The molecule has 0 spiro atoms. The van der Waals surface area contributed by atoms with Gasteiger partial charge >= 0.3 is 0 Å². The number of amides is 1. The largest absolute Gasteiger partial charge is 0.322 e. The number of nitrogens with one attached hydrogen (secondary N) is 1. The minimum atomic E-state index is -0.505. The second kappa shape index (κ2) is 8.73. The molecule has 1 amide bonds. The van der Waals surface area contributed by atoms with Crippen LogP contribution in [0.3, 0.4) is 0 Å². The molecule has 0 heterocycles. The number of carbonyl (C=O) groups is 2. The van der Waals surface area contributed by atoms with Crippen molar-refractivity contribution in [2.45, 2.75) is 24.2 Å². The number of nitro groups is 1. The molecule has 0 aliphatic heterocycles. The lowest BCUT2D eigenvalue weighted by Gasteiger charge is -2.11. The van der Waals surface area contributed by atoms with Gasteiger partial charge in [0.2, 0.25) is 0 Å². The number of nitro benzene ring substituents is 1. The molecule has 1 aliphatic carbocycles. The summed E-state index contributed by atoms with van der Waals surface area (Å²) in [4.78, 5) is 37.5. The quantitative estimate of drug-likeness (QED) is 0.247. The number of ketones is 1. The summed E-state index contributed by atoms with van der Waals surface area (Å²) < 4.78 is 0. The molecule has 0 atom stereocenters. The number of carbonyl (C=O) groups excluding carboxylic acids is 2. The van der Waals surface area contributed by atoms with E-state index in [1.165, 1.54) is 29.0 Å². The first kappa shape index (κ1) is 20.8. The first-order chi connectivity index (χ1) is 15.0. The van der Waals surface area contributed by atoms with Crippen molar-refractivity contribution < 1.29 is 14.5 Å². The van der Waals surface area contributed by atoms with Crippen LogP contribution in [0, 0.1) is 10.1 Å². The molecule has 1 aliphatic rings. The average Bonchev–Trinajstić information content (AvgIpc) is 3.26. The van der Waals surface area contributed by atoms with Crippen molar-refractivity contribution >= 4 is 34.8 Å². The summed E-state index contributed by atoms with van der Waals surface area (Å²) in [5.41, 5.74) is 3.71. The number of benzene rings is 3. The van der Waals surface area contributed by atoms with E-state index in [1.807, 2.05) is 18.2 Å². The van der Waals surface area contributed by atoms with Gasteiger partial charge in [0.15, 0.2) is 5.78 Å². The second-order valence-corrected chi connectivity index (χ2v) is 8.16. The predicted octanol–water partition coefficient (Wildman–Crippen LogP) is 5.29. The number of thioether (sulfide) groups is 1. The van der Waals surface area contributed by atoms with Crippen LogP contribution in [0.25, 0.3) is 0 Å². The molecule has 1 N–H and O–H groups in total. The van der Waals surface area contributed by atoms with Crippen LogP contribution in [0.2, 0.25) is 0 Å². The van der Waals surface area contributed by atoms with E-state index in [0.717, 1.165) is 19.3 Å². The molecule has 0 unspecified atom stereocenters. The first-order valence-corrected chi connectivity index (χ1v) is 11.1. The number of fused-ring (bicyclic) bond motifs is 1. The fourth-order valence-electron chi connectivity index (χ4n) is 3.86. The fourth-order valence-corrected chi connectivity index (χ4v) is 4.40. The molecule has 0 aromatic heterocycles. The van der Waals surface area contributed by atoms with Gasteiger partial charge in [0.25, 0.3) is 11.6 Å². The van der Waals surface area contributed by atoms with Gasteiger partial charge in [-0.3, -0.25) is 19.7 Å². The van der Waals surface area contributed by atoms with Crippen molar-refractivity contribution in [3.8, 4) is 0 Å². The van der Waals surface area contributed by atoms with E-state index in [4.69, 9.17) is 0 Å². The maximum absolute atomic E-state index is 13.1. The number of hydrogen-bond acceptors (Lipinski definition) is 5. The van der Waals surface area contributed by atoms with Gasteiger partial charge in [-0.15, -0.1) is 11.8 Å². The van der Waals surface area contributed by atoms with E-state index < -0.39 is 16.6 Å². The van der Waals surface area contributed by atoms with Gasteiger partial charge in [-0.1, -0.05) is 24.3 Å². The molecule has 6 nitrogen and oxygen atoms in total. The number of anilines is 1. The van der Waals surface area contributed by atoms with Crippen LogP contribution in [-0.4, -0.2) is 22.9 Å². The van der Waals surface area contributed by atoms with Crippen LogP contribution in [-0.2, 0) is 12.8 Å². The lowest BCUT2D eigenvalue weighted by atomic mass is 9.97. The highest BCUT2D eigenvalue weighted by Gasteiger charge is 2.22. The average molecular weight is 433 g/mol. The lowest BCUT2D eigenvalue weighted by Crippen LogP contribution is -2.17. The highest BCUT2D eigenvalue weighted by Crippen LogP contribution is 2.30. The number of rotatable bonds is 6. The summed E-state index contributed by atoms with van der Waals surface area (Å²) in [6.07, 6.45) is 4.91. The Kier molecular flexibility index (Phi) is 5.86. The monoisotopic (exact) mass is 432 g/mol. The highest BCUT2D eigenvalue weighted by atomic mass is 32.2. The molecule has 3 aromatic rings. The SMILES string of the molecule is CSc1ccc(C(=O)c2ccccc2C(=O)Nc2ccc3c(c2)CCC3)cc1[N+](=O)[O-]. The Morgan fingerprint density at radius 2 is 1.71 bits per heavy atom. The van der Waals surface area contributed by atoms with Gasteiger partial charge in [-0.05, 0) is 67.0 Å². The van der Waals surface area contributed by atoms with Crippen molar-refractivity contribution in [1.29, 1.82) is 0 Å². The van der Waals surface area contributed by atoms with E-state index in [9.17, 15) is 19.7 Å². The standard InChI is InChI=1S/C24H20N2O4S/c1-31-22-12-10-17(14-21(22)26(29)30)23(27)19-7-2-3-8-20(19)24(28)25-18-11-9-15-5-4-6-16(15)13-18/h2-3,7-14H,4-6H2,1H3,(H,25,28). The van der Waals surface area contributed by atoms with Crippen LogP contribution in [0.1, 0.15) is 43.8 Å². The summed E-state index contributed by atoms with van der Waals surface area (Å²) in [5, 5.41) is 14.2. The Bertz CT molecular complexity index is 1210. The summed E-state index contributed by atoms with van der Waals surface area (Å²) in [6, 6.07) is 16.8. The Balaban J connectivity index is 1.64. The van der Waals surface area contributed by atoms with E-state index in [1.54, 1.807) is 42.7 Å². The number of aryl methyl sites for hydroxylation is 2. The third kappa shape index (κ3) is 4.22.